The van der Waals surface area contributed by atoms with Crippen molar-refractivity contribution in [1.29, 1.82) is 0 Å². The molecule has 0 aromatic heterocycles. The van der Waals surface area contributed by atoms with Crippen molar-refractivity contribution in [2.45, 2.75) is 19.4 Å². The minimum atomic E-state index is -0.610. The molecular formula is C21H20ClNO3. The summed E-state index contributed by atoms with van der Waals surface area (Å²) in [6, 6.07) is 18.9. The van der Waals surface area contributed by atoms with Gasteiger partial charge in [-0.1, -0.05) is 54.9 Å². The number of fused-ring (bicyclic) bond motifs is 1. The van der Waals surface area contributed by atoms with Gasteiger partial charge in [0.25, 0.3) is 5.91 Å². The van der Waals surface area contributed by atoms with E-state index < -0.39 is 6.10 Å². The molecule has 1 amide bonds. The Kier molecular flexibility index (Phi) is 5.64. The monoisotopic (exact) mass is 369 g/mol. The number of rotatable bonds is 6. The van der Waals surface area contributed by atoms with Gasteiger partial charge in [0, 0.05) is 11.1 Å². The van der Waals surface area contributed by atoms with E-state index >= 15 is 0 Å². The molecule has 0 aliphatic heterocycles. The number of amides is 1. The van der Waals surface area contributed by atoms with Crippen molar-refractivity contribution in [3.63, 3.8) is 0 Å². The van der Waals surface area contributed by atoms with E-state index in [4.69, 9.17) is 21.1 Å². The molecule has 1 atom stereocenters. The summed E-state index contributed by atoms with van der Waals surface area (Å²) >= 11 is 6.11. The van der Waals surface area contributed by atoms with Gasteiger partial charge >= 0.3 is 0 Å². The van der Waals surface area contributed by atoms with Gasteiger partial charge in [-0.2, -0.15) is 0 Å². The van der Waals surface area contributed by atoms with Gasteiger partial charge in [-0.05, 0) is 36.1 Å². The number of hydrogen-bond donors (Lipinski definition) is 1. The lowest BCUT2D eigenvalue weighted by Crippen LogP contribution is -2.32. The molecule has 0 aliphatic carbocycles. The summed E-state index contributed by atoms with van der Waals surface area (Å²) in [5.74, 6) is 1.03. The van der Waals surface area contributed by atoms with Crippen LogP contribution in [0.4, 0.5) is 5.69 Å². The second-order valence-corrected chi connectivity index (χ2v) is 6.24. The first kappa shape index (κ1) is 18.1. The fourth-order valence-corrected chi connectivity index (χ4v) is 3.00. The molecule has 0 aliphatic rings. The van der Waals surface area contributed by atoms with Crippen LogP contribution in [0, 0.1) is 0 Å². The van der Waals surface area contributed by atoms with E-state index in [2.05, 4.69) is 5.32 Å². The van der Waals surface area contributed by atoms with Crippen molar-refractivity contribution in [2.24, 2.45) is 0 Å². The van der Waals surface area contributed by atoms with Crippen LogP contribution in [0.1, 0.15) is 13.3 Å². The van der Waals surface area contributed by atoms with E-state index in [0.29, 0.717) is 28.6 Å². The molecule has 0 unspecified atom stereocenters. The van der Waals surface area contributed by atoms with Crippen LogP contribution in [0.5, 0.6) is 11.5 Å². The van der Waals surface area contributed by atoms with E-state index in [9.17, 15) is 4.79 Å². The highest BCUT2D eigenvalue weighted by Crippen LogP contribution is 2.29. The second-order valence-electron chi connectivity index (χ2n) is 5.83. The molecule has 5 heteroatoms. The zero-order valence-electron chi connectivity index (χ0n) is 14.7. The van der Waals surface area contributed by atoms with Gasteiger partial charge in [-0.25, -0.2) is 0 Å². The van der Waals surface area contributed by atoms with Gasteiger partial charge in [0.15, 0.2) is 6.10 Å². The number of halogens is 1. The van der Waals surface area contributed by atoms with Crippen molar-refractivity contribution in [2.75, 3.05) is 12.4 Å². The first-order chi connectivity index (χ1) is 12.6. The molecule has 3 rings (SSSR count). The second kappa shape index (κ2) is 8.11. The van der Waals surface area contributed by atoms with Crippen LogP contribution >= 0.6 is 11.6 Å². The predicted molar refractivity (Wildman–Crippen MR) is 105 cm³/mol. The lowest BCUT2D eigenvalue weighted by Gasteiger charge is -2.19. The number of nitrogens with one attached hydrogen (secondary N) is 1. The van der Waals surface area contributed by atoms with E-state index in [1.807, 2.05) is 49.4 Å². The molecule has 3 aromatic rings. The van der Waals surface area contributed by atoms with Gasteiger partial charge in [0.1, 0.15) is 11.5 Å². The third-order valence-electron chi connectivity index (χ3n) is 4.10. The summed E-state index contributed by atoms with van der Waals surface area (Å²) in [6.07, 6.45) is -0.0689. The van der Waals surface area contributed by atoms with E-state index in [0.717, 1.165) is 10.8 Å². The SMILES string of the molecule is CC[C@@H](Oc1cccc2ccccc12)C(=O)Nc1ccc(OC)c(Cl)c1. The summed E-state index contributed by atoms with van der Waals surface area (Å²) in [6.45, 7) is 1.91. The zero-order chi connectivity index (χ0) is 18.5. The lowest BCUT2D eigenvalue weighted by atomic mass is 10.1. The molecule has 0 saturated carbocycles. The molecule has 0 radical (unpaired) electrons. The Morgan fingerprint density at radius 3 is 2.58 bits per heavy atom. The number of anilines is 1. The average Bonchev–Trinajstić information content (AvgIpc) is 2.66. The Labute approximate surface area is 157 Å². The molecule has 0 bridgehead atoms. The van der Waals surface area contributed by atoms with Gasteiger partial charge in [-0.3, -0.25) is 4.79 Å². The van der Waals surface area contributed by atoms with Crippen LogP contribution in [0.15, 0.2) is 60.7 Å². The number of carbonyl (C=O) groups excluding carboxylic acids is 1. The molecule has 1 N–H and O–H groups in total. The lowest BCUT2D eigenvalue weighted by molar-refractivity contribution is -0.122. The Hall–Kier alpha value is -2.72. The number of ether oxygens (including phenoxy) is 2. The molecule has 0 saturated heterocycles. The maximum absolute atomic E-state index is 12.6. The fourth-order valence-electron chi connectivity index (χ4n) is 2.74. The van der Waals surface area contributed by atoms with Gasteiger partial charge in [-0.15, -0.1) is 0 Å². The van der Waals surface area contributed by atoms with Crippen LogP contribution in [0.25, 0.3) is 10.8 Å². The quantitative estimate of drug-likeness (QED) is 0.641. The summed E-state index contributed by atoms with van der Waals surface area (Å²) in [5, 5.41) is 5.34. The minimum Gasteiger partial charge on any atom is -0.495 e. The first-order valence-corrected chi connectivity index (χ1v) is 8.79. The van der Waals surface area contributed by atoms with Crippen LogP contribution in [0.2, 0.25) is 5.02 Å². The van der Waals surface area contributed by atoms with Crippen LogP contribution in [0.3, 0.4) is 0 Å². The maximum Gasteiger partial charge on any atom is 0.265 e. The molecule has 0 heterocycles. The molecule has 134 valence electrons. The van der Waals surface area contributed by atoms with Gasteiger partial charge in [0.2, 0.25) is 0 Å². The number of methoxy groups -OCH3 is 1. The predicted octanol–water partition coefficient (Wildman–Crippen LogP) is 5.30. The third kappa shape index (κ3) is 3.92. The van der Waals surface area contributed by atoms with Crippen LogP contribution in [-0.4, -0.2) is 19.1 Å². The van der Waals surface area contributed by atoms with E-state index in [-0.39, 0.29) is 5.91 Å². The summed E-state index contributed by atoms with van der Waals surface area (Å²) in [7, 11) is 1.55. The summed E-state index contributed by atoms with van der Waals surface area (Å²) in [4.78, 5) is 12.6. The Morgan fingerprint density at radius 2 is 1.85 bits per heavy atom. The standard InChI is InChI=1S/C21H20ClNO3/c1-3-18(21(24)23-15-11-12-20(25-2)17(22)13-15)26-19-10-6-8-14-7-4-5-9-16(14)19/h4-13,18H,3H2,1-2H3,(H,23,24)/t18-/m1/s1. The highest BCUT2D eigenvalue weighted by Gasteiger charge is 2.20. The zero-order valence-corrected chi connectivity index (χ0v) is 15.4. The Balaban J connectivity index is 1.77. The largest absolute Gasteiger partial charge is 0.495 e. The highest BCUT2D eigenvalue weighted by molar-refractivity contribution is 6.32. The average molecular weight is 370 g/mol. The first-order valence-electron chi connectivity index (χ1n) is 8.41. The van der Waals surface area contributed by atoms with Crippen molar-refractivity contribution in [3.05, 3.63) is 65.7 Å². The third-order valence-corrected chi connectivity index (χ3v) is 4.40. The van der Waals surface area contributed by atoms with Crippen molar-refractivity contribution in [3.8, 4) is 11.5 Å². The Morgan fingerprint density at radius 1 is 1.08 bits per heavy atom. The smallest absolute Gasteiger partial charge is 0.265 e. The van der Waals surface area contributed by atoms with Gasteiger partial charge < -0.3 is 14.8 Å². The molecule has 0 fully saturated rings. The van der Waals surface area contributed by atoms with Crippen LogP contribution < -0.4 is 14.8 Å². The maximum atomic E-state index is 12.6. The molecule has 3 aromatic carbocycles. The Bertz CT molecular complexity index is 921. The van der Waals surface area contributed by atoms with E-state index in [1.54, 1.807) is 25.3 Å². The van der Waals surface area contributed by atoms with Gasteiger partial charge in [0.05, 0.1) is 12.1 Å². The minimum absolute atomic E-state index is 0.221. The number of benzene rings is 3. The molecule has 4 nitrogen and oxygen atoms in total. The van der Waals surface area contributed by atoms with Crippen molar-refractivity contribution >= 4 is 34.0 Å². The normalized spacial score (nSPS) is 11.8. The van der Waals surface area contributed by atoms with Crippen LogP contribution in [-0.2, 0) is 4.79 Å². The van der Waals surface area contributed by atoms with E-state index in [1.165, 1.54) is 0 Å². The summed E-state index contributed by atoms with van der Waals surface area (Å²) < 4.78 is 11.1. The topological polar surface area (TPSA) is 47.6 Å². The molecular weight excluding hydrogens is 350 g/mol. The molecule has 0 spiro atoms. The number of carbonyl (C=O) groups is 1. The fraction of sp³-hybridized carbons (Fsp3) is 0.190. The highest BCUT2D eigenvalue weighted by atomic mass is 35.5. The number of hydrogen-bond acceptors (Lipinski definition) is 3. The molecule has 26 heavy (non-hydrogen) atoms. The summed E-state index contributed by atoms with van der Waals surface area (Å²) in [5.41, 5.74) is 0.598. The van der Waals surface area contributed by atoms with Crippen molar-refractivity contribution < 1.29 is 14.3 Å². The van der Waals surface area contributed by atoms with Crippen molar-refractivity contribution in [1.82, 2.24) is 0 Å².